The molecule has 9 nitrogen and oxygen atoms in total. The van der Waals surface area contributed by atoms with Crippen molar-refractivity contribution in [3.63, 3.8) is 0 Å². The maximum Gasteiger partial charge on any atom is 0.272 e. The average molecular weight is 525 g/mol. The number of H-pyrrole nitrogens is 1. The number of carbonyl (C=O) groups is 4. The van der Waals surface area contributed by atoms with Gasteiger partial charge >= 0.3 is 0 Å². The van der Waals surface area contributed by atoms with E-state index in [-0.39, 0.29) is 36.2 Å². The zero-order valence-electron chi connectivity index (χ0n) is 20.5. The molecule has 2 saturated heterocycles. The molecule has 3 aromatic carbocycles. The molecule has 1 aromatic heterocycles. The molecule has 2 atom stereocenters. The number of nitrogens with zero attached hydrogens (tertiary/aromatic N) is 3. The molecule has 194 valence electrons. The standard InChI is InChI=1S/C29H21FN4O5/c30-23-11-10-16(13-24-18-8-4-5-9-19(18)25(35)32-31-24)12-20(23)27(37)33-14-21-22(15-33)29(39)34(28(21)38)26(36)17-6-2-1-3-7-17/h1-12,21-22H,13-15H2,(H,32,35). The third-order valence-electron chi connectivity index (χ3n) is 7.31. The number of amides is 4. The number of imide groups is 3. The van der Waals surface area contributed by atoms with Crippen LogP contribution in [-0.4, -0.2) is 56.7 Å². The summed E-state index contributed by atoms with van der Waals surface area (Å²) in [6.45, 7) is -0.190. The first-order valence-corrected chi connectivity index (χ1v) is 12.3. The van der Waals surface area contributed by atoms with Gasteiger partial charge in [0, 0.05) is 30.5 Å². The van der Waals surface area contributed by atoms with E-state index in [1.54, 1.807) is 42.5 Å². The number of nitrogens with one attached hydrogen (secondary N) is 1. The molecule has 0 bridgehead atoms. The molecule has 4 aromatic rings. The lowest BCUT2D eigenvalue weighted by Crippen LogP contribution is -2.41. The molecule has 6 rings (SSSR count). The molecule has 39 heavy (non-hydrogen) atoms. The lowest BCUT2D eigenvalue weighted by molar-refractivity contribution is -0.137. The minimum Gasteiger partial charge on any atom is -0.337 e. The van der Waals surface area contributed by atoms with Gasteiger partial charge in [0.15, 0.2) is 0 Å². The highest BCUT2D eigenvalue weighted by molar-refractivity contribution is 6.21. The van der Waals surface area contributed by atoms with Crippen LogP contribution in [-0.2, 0) is 16.0 Å². The quantitative estimate of drug-likeness (QED) is 0.410. The van der Waals surface area contributed by atoms with Crippen LogP contribution in [0.15, 0.2) is 77.6 Å². The number of halogens is 1. The maximum absolute atomic E-state index is 14.8. The van der Waals surface area contributed by atoms with Crippen LogP contribution in [0.1, 0.15) is 32.0 Å². The van der Waals surface area contributed by atoms with Crippen LogP contribution in [0.4, 0.5) is 4.39 Å². The zero-order valence-corrected chi connectivity index (χ0v) is 20.5. The monoisotopic (exact) mass is 524 g/mol. The summed E-state index contributed by atoms with van der Waals surface area (Å²) >= 11 is 0. The molecule has 10 heteroatoms. The minimum atomic E-state index is -0.864. The summed E-state index contributed by atoms with van der Waals surface area (Å²) in [5.74, 6) is -5.11. The first-order valence-electron chi connectivity index (χ1n) is 12.3. The van der Waals surface area contributed by atoms with Gasteiger partial charge in [0.1, 0.15) is 5.82 Å². The Labute approximate surface area is 220 Å². The largest absolute Gasteiger partial charge is 0.337 e. The molecule has 0 aliphatic carbocycles. The van der Waals surface area contributed by atoms with Crippen LogP contribution in [0.2, 0.25) is 0 Å². The first-order chi connectivity index (χ1) is 18.8. The van der Waals surface area contributed by atoms with Crippen molar-refractivity contribution in [1.29, 1.82) is 0 Å². The number of rotatable bonds is 4. The summed E-state index contributed by atoms with van der Waals surface area (Å²) in [5.41, 5.74) is 0.854. The smallest absolute Gasteiger partial charge is 0.272 e. The highest BCUT2D eigenvalue weighted by Crippen LogP contribution is 2.35. The molecule has 0 radical (unpaired) electrons. The summed E-state index contributed by atoms with van der Waals surface area (Å²) in [6, 6.07) is 19.2. The third-order valence-corrected chi connectivity index (χ3v) is 7.31. The average Bonchev–Trinajstić information content (AvgIpc) is 3.50. The van der Waals surface area contributed by atoms with Crippen LogP contribution < -0.4 is 5.56 Å². The Hall–Kier alpha value is -4.99. The molecule has 2 aliphatic rings. The van der Waals surface area contributed by atoms with E-state index in [0.717, 1.165) is 0 Å². The predicted octanol–water partition coefficient (Wildman–Crippen LogP) is 2.55. The lowest BCUT2D eigenvalue weighted by Gasteiger charge is -2.20. The van der Waals surface area contributed by atoms with E-state index in [9.17, 15) is 28.4 Å². The van der Waals surface area contributed by atoms with Crippen molar-refractivity contribution in [2.45, 2.75) is 6.42 Å². The van der Waals surface area contributed by atoms with Gasteiger partial charge in [-0.15, -0.1) is 0 Å². The van der Waals surface area contributed by atoms with Crippen molar-refractivity contribution < 1.29 is 23.6 Å². The molecule has 2 fully saturated rings. The van der Waals surface area contributed by atoms with Crippen molar-refractivity contribution in [2.75, 3.05) is 13.1 Å². The number of carbonyl (C=O) groups excluding carboxylic acids is 4. The van der Waals surface area contributed by atoms with Crippen LogP contribution in [0.25, 0.3) is 10.8 Å². The fraction of sp³-hybridized carbons (Fsp3) is 0.172. The fourth-order valence-corrected chi connectivity index (χ4v) is 5.34. The molecule has 4 amide bonds. The van der Waals surface area contributed by atoms with Gasteiger partial charge in [0.05, 0.1) is 28.5 Å². The molecule has 2 unspecified atom stereocenters. The van der Waals surface area contributed by atoms with Crippen molar-refractivity contribution in [3.05, 3.63) is 111 Å². The summed E-state index contributed by atoms with van der Waals surface area (Å²) in [5, 5.41) is 7.72. The number of benzene rings is 3. The van der Waals surface area contributed by atoms with Crippen LogP contribution in [0, 0.1) is 17.7 Å². The second kappa shape index (κ2) is 9.39. The van der Waals surface area contributed by atoms with E-state index in [1.807, 2.05) is 0 Å². The number of hydrogen-bond acceptors (Lipinski definition) is 6. The van der Waals surface area contributed by atoms with Crippen LogP contribution in [0.3, 0.4) is 0 Å². The predicted molar refractivity (Wildman–Crippen MR) is 137 cm³/mol. The SMILES string of the molecule is O=C(c1cc(Cc2n[nH]c(=O)c3ccccc23)ccc1F)N1CC2C(=O)N(C(=O)c3ccccc3)C(=O)C2C1. The van der Waals surface area contributed by atoms with Gasteiger partial charge in [-0.05, 0) is 35.9 Å². The fourth-order valence-electron chi connectivity index (χ4n) is 5.34. The van der Waals surface area contributed by atoms with E-state index in [0.29, 0.717) is 26.9 Å². The third kappa shape index (κ3) is 4.10. The summed E-state index contributed by atoms with van der Waals surface area (Å²) < 4.78 is 14.8. The topological polar surface area (TPSA) is 121 Å². The van der Waals surface area contributed by atoms with Gasteiger partial charge in [0.25, 0.3) is 17.4 Å². The molecule has 0 saturated carbocycles. The van der Waals surface area contributed by atoms with Gasteiger partial charge in [0.2, 0.25) is 11.8 Å². The number of aromatic nitrogens is 2. The Bertz CT molecular complexity index is 1710. The lowest BCUT2D eigenvalue weighted by atomic mass is 10.00. The number of fused-ring (bicyclic) bond motifs is 2. The summed E-state index contributed by atoms with van der Waals surface area (Å²) in [4.78, 5) is 66.2. The van der Waals surface area contributed by atoms with Crippen molar-refractivity contribution in [2.24, 2.45) is 11.8 Å². The van der Waals surface area contributed by atoms with Gasteiger partial charge < -0.3 is 4.90 Å². The highest BCUT2D eigenvalue weighted by Gasteiger charge is 2.55. The van der Waals surface area contributed by atoms with Gasteiger partial charge in [-0.3, -0.25) is 24.0 Å². The second-order valence-corrected chi connectivity index (χ2v) is 9.64. The Balaban J connectivity index is 1.22. The van der Waals surface area contributed by atoms with E-state index < -0.39 is 41.3 Å². The molecular formula is C29H21FN4O5. The van der Waals surface area contributed by atoms with Gasteiger partial charge in [-0.25, -0.2) is 14.4 Å². The Morgan fingerprint density at radius 1 is 0.846 bits per heavy atom. The highest BCUT2D eigenvalue weighted by atomic mass is 19.1. The number of likely N-dealkylation sites (tertiary alicyclic amines) is 2. The Kier molecular flexibility index (Phi) is 5.86. The van der Waals surface area contributed by atoms with Crippen molar-refractivity contribution >= 4 is 34.4 Å². The molecule has 2 aliphatic heterocycles. The normalized spacial score (nSPS) is 18.6. The van der Waals surface area contributed by atoms with E-state index in [2.05, 4.69) is 10.2 Å². The van der Waals surface area contributed by atoms with Crippen molar-refractivity contribution in [1.82, 2.24) is 20.0 Å². The Morgan fingerprint density at radius 3 is 2.18 bits per heavy atom. The summed E-state index contributed by atoms with van der Waals surface area (Å²) in [6.07, 6.45) is 0.233. The maximum atomic E-state index is 14.8. The van der Waals surface area contributed by atoms with E-state index in [1.165, 1.54) is 35.2 Å². The molecule has 3 heterocycles. The number of hydrogen-bond donors (Lipinski definition) is 1. The van der Waals surface area contributed by atoms with Crippen LogP contribution >= 0.6 is 0 Å². The van der Waals surface area contributed by atoms with Crippen molar-refractivity contribution in [3.8, 4) is 0 Å². The molecule has 1 N–H and O–H groups in total. The first kappa shape index (κ1) is 24.4. The van der Waals surface area contributed by atoms with Gasteiger partial charge in [-0.1, -0.05) is 42.5 Å². The Morgan fingerprint density at radius 2 is 1.49 bits per heavy atom. The minimum absolute atomic E-state index is 0.0948. The van der Waals surface area contributed by atoms with Crippen LogP contribution in [0.5, 0.6) is 0 Å². The van der Waals surface area contributed by atoms with E-state index in [4.69, 9.17) is 0 Å². The van der Waals surface area contributed by atoms with E-state index >= 15 is 0 Å². The van der Waals surface area contributed by atoms with Gasteiger partial charge in [-0.2, -0.15) is 5.10 Å². The summed E-state index contributed by atoms with van der Waals surface area (Å²) in [7, 11) is 0. The second-order valence-electron chi connectivity index (χ2n) is 9.64. The molecule has 0 spiro atoms. The zero-order chi connectivity index (χ0) is 27.3. The number of aromatic amines is 1. The molecular weight excluding hydrogens is 503 g/mol.